The second kappa shape index (κ2) is 17.5. The van der Waals surface area contributed by atoms with Gasteiger partial charge in [0.1, 0.15) is 36.6 Å². The quantitative estimate of drug-likeness (QED) is 0.146. The van der Waals surface area contributed by atoms with Crippen LogP contribution in [0.3, 0.4) is 0 Å². The summed E-state index contributed by atoms with van der Waals surface area (Å²) in [6.07, 6.45) is -12.0. The Kier molecular flexibility index (Phi) is 13.8. The molecule has 3 aliphatic heterocycles. The molecule has 3 N–H and O–H groups in total. The third kappa shape index (κ3) is 8.19. The van der Waals surface area contributed by atoms with Crippen molar-refractivity contribution in [1.29, 1.82) is 0 Å². The van der Waals surface area contributed by atoms with Gasteiger partial charge in [-0.3, -0.25) is 0 Å². The fraction of sp³-hybridized carbons (Fsp3) is 0.767. The maximum absolute atomic E-state index is 12.6. The van der Waals surface area contributed by atoms with Crippen molar-refractivity contribution in [2.75, 3.05) is 20.8 Å². The Labute approximate surface area is 277 Å². The van der Waals surface area contributed by atoms with Gasteiger partial charge in [0.15, 0.2) is 25.0 Å². The molecule has 1 aromatic rings. The largest absolute Gasteiger partial charge is 0.479 e. The lowest BCUT2D eigenvalue weighted by Gasteiger charge is -2.49. The minimum atomic E-state index is -1.68. The van der Waals surface area contributed by atoms with Crippen LogP contribution in [-0.4, -0.2) is 122 Å². The molecule has 0 aliphatic carbocycles. The Hall–Kier alpha value is -3.09. The van der Waals surface area contributed by atoms with Gasteiger partial charge in [-0.05, 0) is 29.0 Å². The van der Waals surface area contributed by atoms with Gasteiger partial charge in [-0.1, -0.05) is 61.3 Å². The second-order valence-corrected chi connectivity index (χ2v) is 11.9. The number of hydrogen-bond donors (Lipinski definition) is 3. The number of aliphatic hydroxyl groups is 2. The van der Waals surface area contributed by atoms with Crippen LogP contribution in [0, 0.1) is 11.8 Å². The van der Waals surface area contributed by atoms with E-state index in [-0.39, 0.29) is 6.61 Å². The van der Waals surface area contributed by atoms with Crippen LogP contribution in [0.4, 0.5) is 0 Å². The highest BCUT2D eigenvalue weighted by molar-refractivity contribution is 5.73. The van der Waals surface area contributed by atoms with E-state index in [1.54, 1.807) is 13.8 Å². The van der Waals surface area contributed by atoms with E-state index in [1.807, 2.05) is 37.3 Å². The van der Waals surface area contributed by atoms with Crippen LogP contribution in [0.15, 0.2) is 40.6 Å². The fourth-order valence-electron chi connectivity index (χ4n) is 6.51. The lowest BCUT2D eigenvalue weighted by molar-refractivity contribution is -0.353. The lowest BCUT2D eigenvalue weighted by Crippen LogP contribution is -2.64. The van der Waals surface area contributed by atoms with Crippen molar-refractivity contribution in [2.24, 2.45) is 22.1 Å². The first-order valence-corrected chi connectivity index (χ1v) is 15.7. The summed E-state index contributed by atoms with van der Waals surface area (Å²) in [7, 11) is 2.83. The average Bonchev–Trinajstić information content (AvgIpc) is 3.09. The summed E-state index contributed by atoms with van der Waals surface area (Å²) in [5.41, 5.74) is 19.5. The smallest absolute Gasteiger partial charge is 0.335 e. The van der Waals surface area contributed by atoms with Crippen LogP contribution in [0.2, 0.25) is 0 Å². The molecule has 15 atom stereocenters. The van der Waals surface area contributed by atoms with E-state index in [4.69, 9.17) is 37.9 Å². The minimum absolute atomic E-state index is 0.110. The van der Waals surface area contributed by atoms with Crippen LogP contribution >= 0.6 is 0 Å². The Bertz CT molecular complexity index is 1290. The van der Waals surface area contributed by atoms with E-state index in [0.29, 0.717) is 6.42 Å². The highest BCUT2D eigenvalue weighted by atomic mass is 16.8. The topological polar surface area (TPSA) is 249 Å². The zero-order valence-electron chi connectivity index (χ0n) is 27.4. The van der Waals surface area contributed by atoms with Crippen LogP contribution in [-0.2, 0) is 49.3 Å². The van der Waals surface area contributed by atoms with Crippen molar-refractivity contribution in [3.8, 4) is 0 Å². The summed E-state index contributed by atoms with van der Waals surface area (Å²) in [4.78, 5) is 18.5. The van der Waals surface area contributed by atoms with Crippen LogP contribution in [0.25, 0.3) is 20.9 Å². The number of benzene rings is 1. The molecule has 0 amide bonds. The zero-order chi connectivity index (χ0) is 35.0. The molecular formula is C30H44N6O12. The van der Waals surface area contributed by atoms with Gasteiger partial charge >= 0.3 is 5.97 Å². The van der Waals surface area contributed by atoms with Gasteiger partial charge in [0.25, 0.3) is 0 Å². The molecule has 1 aromatic carbocycles. The van der Waals surface area contributed by atoms with Crippen molar-refractivity contribution in [2.45, 2.75) is 114 Å². The van der Waals surface area contributed by atoms with Crippen molar-refractivity contribution in [1.82, 2.24) is 0 Å². The number of hydrogen-bond acceptors (Lipinski definition) is 13. The molecule has 0 radical (unpaired) electrons. The molecule has 3 heterocycles. The Morgan fingerprint density at radius 2 is 1.50 bits per heavy atom. The van der Waals surface area contributed by atoms with E-state index in [9.17, 15) is 31.2 Å². The number of methoxy groups -OCH3 is 2. The van der Waals surface area contributed by atoms with Gasteiger partial charge in [-0.2, -0.15) is 0 Å². The molecule has 266 valence electrons. The molecule has 18 nitrogen and oxygen atoms in total. The van der Waals surface area contributed by atoms with Gasteiger partial charge in [0, 0.05) is 30.0 Å². The van der Waals surface area contributed by atoms with E-state index < -0.39 is 104 Å². The number of rotatable bonds is 14. The van der Waals surface area contributed by atoms with Gasteiger partial charge in [0.05, 0.1) is 31.5 Å². The number of aliphatic hydroxyl groups excluding tert-OH is 2. The normalized spacial score (nSPS) is 39.9. The summed E-state index contributed by atoms with van der Waals surface area (Å²) in [6, 6.07) is 7.29. The summed E-state index contributed by atoms with van der Waals surface area (Å²) in [5.74, 6) is -2.84. The Balaban J connectivity index is 1.60. The molecule has 0 bridgehead atoms. The van der Waals surface area contributed by atoms with E-state index >= 15 is 0 Å². The van der Waals surface area contributed by atoms with Gasteiger partial charge in [-0.25, -0.2) is 4.79 Å². The summed E-state index contributed by atoms with van der Waals surface area (Å²) >= 11 is 0. The van der Waals surface area contributed by atoms with Crippen molar-refractivity contribution >= 4 is 5.97 Å². The van der Waals surface area contributed by atoms with E-state index in [0.717, 1.165) is 5.56 Å². The second-order valence-electron chi connectivity index (χ2n) is 11.9. The molecule has 3 fully saturated rings. The predicted molar refractivity (Wildman–Crippen MR) is 164 cm³/mol. The minimum Gasteiger partial charge on any atom is -0.479 e. The van der Waals surface area contributed by atoms with Gasteiger partial charge in [-0.15, -0.1) is 0 Å². The number of nitrogens with zero attached hydrogens (tertiary/aromatic N) is 6. The highest BCUT2D eigenvalue weighted by Crippen LogP contribution is 2.38. The van der Waals surface area contributed by atoms with E-state index in [2.05, 4.69) is 20.1 Å². The summed E-state index contributed by atoms with van der Waals surface area (Å²) in [5, 5.41) is 39.4. The summed E-state index contributed by atoms with van der Waals surface area (Å²) < 4.78 is 47.5. The highest BCUT2D eigenvalue weighted by Gasteiger charge is 2.54. The van der Waals surface area contributed by atoms with E-state index in [1.165, 1.54) is 14.2 Å². The standard InChI is InChI=1S/C30H44N6O12/c1-6-17-24(25(20(34-36-32)28(42-5)44-17)43-13-16-10-8-7-9-11-16)47-30-21(38)15(3)23(26(48-30)27(39)40)46-29-19(33-35-31)14(2)22(41-4)18(12-37)45-29/h7-11,14-15,17-26,28-30,37-38H,6,12-13H2,1-5H3,(H,39,40)/t14-,15?,17?,18?,19-,20-,21?,22?,23+,24?,25+,26-,28?,29?,30+/m1/s1. The molecule has 3 saturated heterocycles. The third-order valence-corrected chi connectivity index (χ3v) is 9.11. The molecule has 0 saturated carbocycles. The molecule has 4 rings (SSSR count). The van der Waals surface area contributed by atoms with Crippen LogP contribution < -0.4 is 0 Å². The number of carbonyl (C=O) groups is 1. The van der Waals surface area contributed by atoms with Gasteiger partial charge < -0.3 is 53.2 Å². The number of azide groups is 2. The number of aliphatic carboxylic acids is 1. The Morgan fingerprint density at radius 3 is 2.08 bits per heavy atom. The van der Waals surface area contributed by atoms with Crippen LogP contribution in [0.1, 0.15) is 32.8 Å². The van der Waals surface area contributed by atoms with Crippen molar-refractivity contribution in [3.63, 3.8) is 0 Å². The number of carboxylic acid groups (broad SMARTS) is 1. The molecular weight excluding hydrogens is 636 g/mol. The zero-order valence-corrected chi connectivity index (χ0v) is 27.4. The first kappa shape index (κ1) is 37.7. The maximum atomic E-state index is 12.6. The molecule has 48 heavy (non-hydrogen) atoms. The third-order valence-electron chi connectivity index (χ3n) is 9.11. The fourth-order valence-corrected chi connectivity index (χ4v) is 6.51. The molecule has 0 spiro atoms. The number of ether oxygens (including phenoxy) is 8. The molecule has 8 unspecified atom stereocenters. The van der Waals surface area contributed by atoms with Gasteiger partial charge in [0.2, 0.25) is 0 Å². The first-order chi connectivity index (χ1) is 23.1. The lowest BCUT2D eigenvalue weighted by atomic mass is 9.87. The maximum Gasteiger partial charge on any atom is 0.335 e. The van der Waals surface area contributed by atoms with Crippen molar-refractivity contribution in [3.05, 3.63) is 56.8 Å². The summed E-state index contributed by atoms with van der Waals surface area (Å²) in [6.45, 7) is 4.79. The Morgan fingerprint density at radius 1 is 0.854 bits per heavy atom. The SMILES string of the molecule is CCC1OC(OC)[C@H](N=[N+]=[N-])[C@H](OCc2ccccc2)C1O[C@H]1O[C@@H](C(=O)O)[C@@H](OC2OC(CO)C(OC)[C@H](C)[C@H]2N=[N+]=[N-])C(C)C1O. The molecule has 0 aromatic heterocycles. The average molecular weight is 681 g/mol. The van der Waals surface area contributed by atoms with Crippen molar-refractivity contribution < 1.29 is 58.0 Å². The number of carboxylic acids is 1. The monoisotopic (exact) mass is 680 g/mol. The molecule has 18 heteroatoms. The first-order valence-electron chi connectivity index (χ1n) is 15.7. The van der Waals surface area contributed by atoms with Crippen LogP contribution in [0.5, 0.6) is 0 Å². The molecule has 3 aliphatic rings. The predicted octanol–water partition coefficient (Wildman–Crippen LogP) is 2.66.